The van der Waals surface area contributed by atoms with Crippen molar-refractivity contribution in [2.24, 2.45) is 5.92 Å². The van der Waals surface area contributed by atoms with Gasteiger partial charge >= 0.3 is 13.1 Å². The van der Waals surface area contributed by atoms with E-state index in [4.69, 9.17) is 4.65 Å². The normalized spacial score (nSPS) is 14.7. The molecule has 7 heteroatoms. The van der Waals surface area contributed by atoms with Crippen LogP contribution in [0.5, 0.6) is 0 Å². The lowest BCUT2D eigenvalue weighted by Crippen LogP contribution is -2.45. The molecule has 0 unspecified atom stereocenters. The predicted octanol–water partition coefficient (Wildman–Crippen LogP) is 0.696. The first-order valence-electron chi connectivity index (χ1n) is 7.84. The Morgan fingerprint density at radius 3 is 2.65 bits per heavy atom. The van der Waals surface area contributed by atoms with Gasteiger partial charge in [-0.05, 0) is 35.0 Å². The Bertz CT molecular complexity index is 617. The van der Waals surface area contributed by atoms with E-state index in [1.54, 1.807) is 26.0 Å². The first-order chi connectivity index (χ1) is 10.9. The van der Waals surface area contributed by atoms with Gasteiger partial charge in [-0.3, -0.25) is 4.79 Å². The summed E-state index contributed by atoms with van der Waals surface area (Å²) < 4.78 is 5.23. The van der Waals surface area contributed by atoms with Crippen LogP contribution in [0.15, 0.2) is 12.1 Å². The topological polar surface area (TPSA) is 95.9 Å². The summed E-state index contributed by atoms with van der Waals surface area (Å²) in [5, 5.41) is 21.8. The molecule has 1 aliphatic rings. The molecule has 1 aromatic carbocycles. The zero-order chi connectivity index (χ0) is 17.1. The molecule has 0 saturated heterocycles. The molecule has 23 heavy (non-hydrogen) atoms. The molecular weight excluding hydrogens is 297 g/mol. The highest BCUT2D eigenvalue weighted by atomic mass is 16.5. The molecule has 1 amide bonds. The highest BCUT2D eigenvalue weighted by Crippen LogP contribution is 2.19. The SMILES string of the molecule is CCCc1c(C(=O)N[C@H](C(=O)O)C(C)C)ccc2c1B(O)OC2. The van der Waals surface area contributed by atoms with Crippen LogP contribution in [-0.4, -0.2) is 35.2 Å². The number of rotatable bonds is 6. The van der Waals surface area contributed by atoms with Crippen LogP contribution in [0.25, 0.3) is 0 Å². The van der Waals surface area contributed by atoms with Crippen molar-refractivity contribution in [1.29, 1.82) is 0 Å². The second-order valence-electron chi connectivity index (χ2n) is 6.11. The maximum atomic E-state index is 12.6. The van der Waals surface area contributed by atoms with Gasteiger partial charge in [0.05, 0.1) is 6.61 Å². The van der Waals surface area contributed by atoms with E-state index < -0.39 is 25.0 Å². The fourth-order valence-electron chi connectivity index (χ4n) is 2.86. The lowest BCUT2D eigenvalue weighted by Gasteiger charge is -2.20. The fourth-order valence-corrected chi connectivity index (χ4v) is 2.86. The highest BCUT2D eigenvalue weighted by Gasteiger charge is 2.33. The number of carbonyl (C=O) groups is 2. The van der Waals surface area contributed by atoms with Crippen LogP contribution in [0, 0.1) is 5.92 Å². The zero-order valence-electron chi connectivity index (χ0n) is 13.6. The monoisotopic (exact) mass is 319 g/mol. The molecule has 3 N–H and O–H groups in total. The van der Waals surface area contributed by atoms with Gasteiger partial charge in [-0.2, -0.15) is 0 Å². The van der Waals surface area contributed by atoms with Crippen LogP contribution in [0.2, 0.25) is 0 Å². The molecular formula is C16H22BNO5. The van der Waals surface area contributed by atoms with Gasteiger partial charge in [0, 0.05) is 5.56 Å². The number of carboxylic acids is 1. The minimum Gasteiger partial charge on any atom is -0.480 e. The summed E-state index contributed by atoms with van der Waals surface area (Å²) in [4.78, 5) is 23.9. The maximum absolute atomic E-state index is 12.6. The number of nitrogens with one attached hydrogen (secondary N) is 1. The molecule has 1 atom stereocenters. The minimum atomic E-state index is -1.06. The van der Waals surface area contributed by atoms with Gasteiger partial charge in [0.25, 0.3) is 5.91 Å². The molecule has 1 aliphatic heterocycles. The Morgan fingerprint density at radius 2 is 2.09 bits per heavy atom. The number of hydrogen-bond donors (Lipinski definition) is 3. The predicted molar refractivity (Wildman–Crippen MR) is 86.6 cm³/mol. The fraction of sp³-hybridized carbons (Fsp3) is 0.500. The highest BCUT2D eigenvalue weighted by molar-refractivity contribution is 6.62. The Kier molecular flexibility index (Phi) is 5.44. The van der Waals surface area contributed by atoms with E-state index in [0.29, 0.717) is 24.1 Å². The smallest absolute Gasteiger partial charge is 0.480 e. The summed E-state index contributed by atoms with van der Waals surface area (Å²) in [6.45, 7) is 5.79. The number of carbonyl (C=O) groups excluding carboxylic acids is 1. The third kappa shape index (κ3) is 3.56. The largest absolute Gasteiger partial charge is 0.492 e. The first kappa shape index (κ1) is 17.5. The quantitative estimate of drug-likeness (QED) is 0.671. The molecule has 0 aromatic heterocycles. The summed E-state index contributed by atoms with van der Waals surface area (Å²) in [7, 11) is -1.03. The zero-order valence-corrected chi connectivity index (χ0v) is 13.6. The molecule has 1 heterocycles. The maximum Gasteiger partial charge on any atom is 0.492 e. The Labute approximate surface area is 136 Å². The molecule has 6 nitrogen and oxygen atoms in total. The van der Waals surface area contributed by atoms with E-state index in [-0.39, 0.29) is 5.92 Å². The summed E-state index contributed by atoms with van der Waals surface area (Å²) in [5.41, 5.74) is 2.66. The van der Waals surface area contributed by atoms with Crippen LogP contribution in [0.4, 0.5) is 0 Å². The van der Waals surface area contributed by atoms with Gasteiger partial charge in [0.1, 0.15) is 6.04 Å². The third-order valence-corrected chi connectivity index (χ3v) is 4.05. The minimum absolute atomic E-state index is 0.227. The van der Waals surface area contributed by atoms with Gasteiger partial charge in [0.15, 0.2) is 0 Å². The van der Waals surface area contributed by atoms with Crippen molar-refractivity contribution in [3.05, 3.63) is 28.8 Å². The first-order valence-corrected chi connectivity index (χ1v) is 7.84. The van der Waals surface area contributed by atoms with Crippen LogP contribution >= 0.6 is 0 Å². The van der Waals surface area contributed by atoms with Crippen LogP contribution in [0.3, 0.4) is 0 Å². The Hall–Kier alpha value is -1.86. The second-order valence-corrected chi connectivity index (χ2v) is 6.11. The van der Waals surface area contributed by atoms with Gasteiger partial charge < -0.3 is 20.1 Å². The van der Waals surface area contributed by atoms with Crippen LogP contribution in [0.1, 0.15) is 48.7 Å². The van der Waals surface area contributed by atoms with E-state index in [1.807, 2.05) is 6.92 Å². The molecule has 1 aromatic rings. The molecule has 0 saturated carbocycles. The molecule has 0 radical (unpaired) electrons. The van der Waals surface area contributed by atoms with Gasteiger partial charge in [0.2, 0.25) is 0 Å². The van der Waals surface area contributed by atoms with Crippen molar-refractivity contribution in [3.63, 3.8) is 0 Å². The van der Waals surface area contributed by atoms with Crippen molar-refractivity contribution >= 4 is 24.5 Å². The van der Waals surface area contributed by atoms with Crippen molar-refractivity contribution in [3.8, 4) is 0 Å². The molecule has 0 bridgehead atoms. The standard InChI is InChI=1S/C16H22BNO5/c1-4-5-11-12(7-6-10-8-23-17(22)13(10)11)15(19)18-14(9(2)3)16(20)21/h6-7,9,14,22H,4-5,8H2,1-3H3,(H,18,19)(H,20,21)/t14-/m0/s1. The average Bonchev–Trinajstić information content (AvgIpc) is 2.86. The van der Waals surface area contributed by atoms with E-state index >= 15 is 0 Å². The number of hydrogen-bond acceptors (Lipinski definition) is 4. The van der Waals surface area contributed by atoms with Gasteiger partial charge in [-0.1, -0.05) is 33.3 Å². The molecule has 2 rings (SSSR count). The van der Waals surface area contributed by atoms with Crippen LogP contribution < -0.4 is 10.8 Å². The summed E-state index contributed by atoms with van der Waals surface area (Å²) in [6.07, 6.45) is 1.42. The summed E-state index contributed by atoms with van der Waals surface area (Å²) >= 11 is 0. The number of fused-ring (bicyclic) bond motifs is 1. The number of amides is 1. The van der Waals surface area contributed by atoms with Crippen molar-refractivity contribution in [2.45, 2.75) is 46.3 Å². The molecule has 0 spiro atoms. The summed E-state index contributed by atoms with van der Waals surface area (Å²) in [6, 6.07) is 2.48. The van der Waals surface area contributed by atoms with Gasteiger partial charge in [-0.25, -0.2) is 4.79 Å². The number of aliphatic carboxylic acids is 1. The number of benzene rings is 1. The molecule has 0 aliphatic carbocycles. The Balaban J connectivity index is 2.37. The lowest BCUT2D eigenvalue weighted by atomic mass is 9.73. The second kappa shape index (κ2) is 7.15. The van der Waals surface area contributed by atoms with Crippen LogP contribution in [-0.2, 0) is 22.5 Å². The average molecular weight is 319 g/mol. The van der Waals surface area contributed by atoms with Crippen molar-refractivity contribution < 1.29 is 24.4 Å². The van der Waals surface area contributed by atoms with E-state index in [9.17, 15) is 19.7 Å². The third-order valence-electron chi connectivity index (χ3n) is 4.05. The van der Waals surface area contributed by atoms with Gasteiger partial charge in [-0.15, -0.1) is 0 Å². The lowest BCUT2D eigenvalue weighted by molar-refractivity contribution is -0.140. The van der Waals surface area contributed by atoms with Crippen molar-refractivity contribution in [2.75, 3.05) is 0 Å². The molecule has 124 valence electrons. The summed E-state index contributed by atoms with van der Waals surface area (Å²) in [5.74, 6) is -1.72. The number of carboxylic acid groups (broad SMARTS) is 1. The molecule has 0 fully saturated rings. The van der Waals surface area contributed by atoms with Crippen molar-refractivity contribution in [1.82, 2.24) is 5.32 Å². The van der Waals surface area contributed by atoms with E-state index in [1.165, 1.54) is 0 Å². The van der Waals surface area contributed by atoms with E-state index in [2.05, 4.69) is 5.32 Å². The van der Waals surface area contributed by atoms with E-state index in [0.717, 1.165) is 17.5 Å². The Morgan fingerprint density at radius 1 is 1.39 bits per heavy atom.